The van der Waals surface area contributed by atoms with E-state index in [0.29, 0.717) is 31.1 Å². The van der Waals surface area contributed by atoms with Crippen molar-refractivity contribution < 1.29 is 4.79 Å². The number of anilines is 1. The van der Waals surface area contributed by atoms with Gasteiger partial charge in [0.2, 0.25) is 5.91 Å². The number of imidazole rings is 1. The Kier molecular flexibility index (Phi) is 5.35. The van der Waals surface area contributed by atoms with Gasteiger partial charge in [-0.2, -0.15) is 0 Å². The molecule has 2 aromatic heterocycles. The Hall–Kier alpha value is -2.08. The van der Waals surface area contributed by atoms with Gasteiger partial charge in [-0.05, 0) is 12.1 Å². The average Bonchev–Trinajstić information content (AvgIpc) is 3.08. The highest BCUT2D eigenvalue weighted by molar-refractivity contribution is 6.32. The number of amides is 1. The first-order chi connectivity index (χ1) is 11.7. The highest BCUT2D eigenvalue weighted by Crippen LogP contribution is 2.23. The fourth-order valence-electron chi connectivity index (χ4n) is 3.01. The third-order valence-corrected chi connectivity index (χ3v) is 4.65. The van der Waals surface area contributed by atoms with Gasteiger partial charge in [-0.25, -0.2) is 9.97 Å². The van der Waals surface area contributed by atoms with Crippen LogP contribution in [0.4, 0.5) is 5.82 Å². The van der Waals surface area contributed by atoms with Crippen LogP contribution in [0.3, 0.4) is 0 Å². The Morgan fingerprint density at radius 1 is 1.21 bits per heavy atom. The summed E-state index contributed by atoms with van der Waals surface area (Å²) in [5.41, 5.74) is 0. The van der Waals surface area contributed by atoms with Crippen molar-refractivity contribution in [1.29, 1.82) is 0 Å². The minimum atomic E-state index is 0.192. The lowest BCUT2D eigenvalue weighted by Crippen LogP contribution is -2.49. The van der Waals surface area contributed by atoms with Gasteiger partial charge in [0.25, 0.3) is 0 Å². The Morgan fingerprint density at radius 3 is 2.71 bits per heavy atom. The zero-order valence-electron chi connectivity index (χ0n) is 13.9. The van der Waals surface area contributed by atoms with Crippen LogP contribution in [0.1, 0.15) is 19.2 Å². The second-order valence-electron chi connectivity index (χ2n) is 5.82. The molecule has 128 valence electrons. The van der Waals surface area contributed by atoms with Crippen molar-refractivity contribution in [3.63, 3.8) is 0 Å². The van der Waals surface area contributed by atoms with E-state index in [1.807, 2.05) is 23.2 Å². The van der Waals surface area contributed by atoms with Gasteiger partial charge < -0.3 is 14.4 Å². The average molecular weight is 348 g/mol. The molecule has 7 heteroatoms. The zero-order chi connectivity index (χ0) is 16.9. The van der Waals surface area contributed by atoms with E-state index < -0.39 is 0 Å². The van der Waals surface area contributed by atoms with Crippen molar-refractivity contribution in [3.8, 4) is 0 Å². The third-order valence-electron chi connectivity index (χ3n) is 4.36. The number of aryl methyl sites for hydroxylation is 2. The molecule has 6 nitrogen and oxygen atoms in total. The number of rotatable bonds is 5. The van der Waals surface area contributed by atoms with E-state index in [9.17, 15) is 4.79 Å². The Morgan fingerprint density at radius 2 is 2.00 bits per heavy atom. The molecule has 1 aliphatic heterocycles. The molecule has 1 amide bonds. The summed E-state index contributed by atoms with van der Waals surface area (Å²) in [4.78, 5) is 25.1. The highest BCUT2D eigenvalue weighted by Gasteiger charge is 2.22. The van der Waals surface area contributed by atoms with Crippen LogP contribution >= 0.6 is 11.6 Å². The summed E-state index contributed by atoms with van der Waals surface area (Å²) in [6, 6.07) is 3.67. The van der Waals surface area contributed by atoms with Crippen LogP contribution in [0.15, 0.2) is 30.7 Å². The van der Waals surface area contributed by atoms with E-state index in [1.165, 1.54) is 0 Å². The lowest BCUT2D eigenvalue weighted by Gasteiger charge is -2.35. The molecule has 0 radical (unpaired) electrons. The summed E-state index contributed by atoms with van der Waals surface area (Å²) in [5, 5.41) is 0.657. The van der Waals surface area contributed by atoms with Gasteiger partial charge in [0.05, 0.1) is 5.02 Å². The van der Waals surface area contributed by atoms with Gasteiger partial charge in [0.1, 0.15) is 11.6 Å². The van der Waals surface area contributed by atoms with Gasteiger partial charge in [0, 0.05) is 64.2 Å². The SMILES string of the molecule is CCc1nccn1CCC(=O)N1CCN(c2ncccc2Cl)CC1. The number of hydrogen-bond acceptors (Lipinski definition) is 4. The minimum Gasteiger partial charge on any atom is -0.352 e. The molecule has 3 rings (SSSR count). The van der Waals surface area contributed by atoms with E-state index in [-0.39, 0.29) is 5.91 Å². The van der Waals surface area contributed by atoms with Crippen LogP contribution in [0.25, 0.3) is 0 Å². The standard InChI is InChI=1S/C17H22ClN5O/c1-2-15-19-7-9-21(15)8-5-16(24)22-10-12-23(13-11-22)17-14(18)4-3-6-20-17/h3-4,6-7,9H,2,5,8,10-13H2,1H3. The van der Waals surface area contributed by atoms with Gasteiger partial charge in [-0.1, -0.05) is 18.5 Å². The van der Waals surface area contributed by atoms with Crippen LogP contribution in [-0.4, -0.2) is 51.5 Å². The fourth-order valence-corrected chi connectivity index (χ4v) is 3.25. The van der Waals surface area contributed by atoms with Crippen LogP contribution in [0.5, 0.6) is 0 Å². The number of pyridine rings is 1. The summed E-state index contributed by atoms with van der Waals surface area (Å²) in [7, 11) is 0. The third kappa shape index (κ3) is 3.70. The first kappa shape index (κ1) is 16.8. The van der Waals surface area contributed by atoms with Crippen molar-refractivity contribution in [3.05, 3.63) is 41.6 Å². The Bertz CT molecular complexity index is 694. The summed E-state index contributed by atoms with van der Waals surface area (Å²) in [6.07, 6.45) is 6.86. The minimum absolute atomic E-state index is 0.192. The maximum Gasteiger partial charge on any atom is 0.224 e. The zero-order valence-corrected chi connectivity index (χ0v) is 14.6. The second kappa shape index (κ2) is 7.66. The smallest absolute Gasteiger partial charge is 0.224 e. The number of aromatic nitrogens is 3. The van der Waals surface area contributed by atoms with Crippen molar-refractivity contribution in [1.82, 2.24) is 19.4 Å². The number of hydrogen-bond donors (Lipinski definition) is 0. The Balaban J connectivity index is 1.51. The molecule has 24 heavy (non-hydrogen) atoms. The first-order valence-corrected chi connectivity index (χ1v) is 8.70. The molecule has 1 aliphatic rings. The summed E-state index contributed by atoms with van der Waals surface area (Å²) in [5.74, 6) is 2.02. The molecule has 1 fully saturated rings. The molecular weight excluding hydrogens is 326 g/mol. The topological polar surface area (TPSA) is 54.3 Å². The van der Waals surface area contributed by atoms with Gasteiger partial charge in [0.15, 0.2) is 0 Å². The fraction of sp³-hybridized carbons (Fsp3) is 0.471. The van der Waals surface area contributed by atoms with Crippen LogP contribution in [0.2, 0.25) is 5.02 Å². The number of nitrogens with zero attached hydrogens (tertiary/aromatic N) is 5. The molecule has 0 unspecified atom stereocenters. The molecule has 0 aliphatic carbocycles. The van der Waals surface area contributed by atoms with Crippen molar-refractivity contribution in [2.75, 3.05) is 31.1 Å². The van der Waals surface area contributed by atoms with E-state index in [0.717, 1.165) is 31.2 Å². The normalized spacial score (nSPS) is 14.9. The lowest BCUT2D eigenvalue weighted by atomic mass is 10.2. The predicted octanol–water partition coefficient (Wildman–Crippen LogP) is 2.23. The molecule has 0 atom stereocenters. The van der Waals surface area contributed by atoms with Gasteiger partial charge in [-0.3, -0.25) is 4.79 Å². The molecule has 0 aromatic carbocycles. The molecule has 0 saturated carbocycles. The second-order valence-corrected chi connectivity index (χ2v) is 6.22. The van der Waals surface area contributed by atoms with Gasteiger partial charge >= 0.3 is 0 Å². The number of carbonyl (C=O) groups excluding carboxylic acids is 1. The quantitative estimate of drug-likeness (QED) is 0.832. The maximum atomic E-state index is 12.4. The maximum absolute atomic E-state index is 12.4. The molecule has 0 spiro atoms. The molecule has 1 saturated heterocycles. The summed E-state index contributed by atoms with van der Waals surface area (Å²) < 4.78 is 2.06. The van der Waals surface area contributed by atoms with Crippen LogP contribution in [0, 0.1) is 0 Å². The number of halogens is 1. The summed E-state index contributed by atoms with van der Waals surface area (Å²) >= 11 is 6.20. The lowest BCUT2D eigenvalue weighted by molar-refractivity contribution is -0.131. The van der Waals surface area contributed by atoms with Crippen molar-refractivity contribution in [2.24, 2.45) is 0 Å². The molecule has 0 bridgehead atoms. The molecule has 0 N–H and O–H groups in total. The van der Waals surface area contributed by atoms with Crippen molar-refractivity contribution in [2.45, 2.75) is 26.3 Å². The van der Waals surface area contributed by atoms with Crippen LogP contribution < -0.4 is 4.90 Å². The van der Waals surface area contributed by atoms with E-state index in [2.05, 4.69) is 26.4 Å². The van der Waals surface area contributed by atoms with Gasteiger partial charge in [-0.15, -0.1) is 0 Å². The largest absolute Gasteiger partial charge is 0.352 e. The van der Waals surface area contributed by atoms with E-state index >= 15 is 0 Å². The number of piperazine rings is 1. The monoisotopic (exact) mass is 347 g/mol. The molecule has 2 aromatic rings. The van der Waals surface area contributed by atoms with Crippen LogP contribution in [-0.2, 0) is 17.8 Å². The summed E-state index contributed by atoms with van der Waals surface area (Å²) in [6.45, 7) is 5.69. The predicted molar refractivity (Wildman–Crippen MR) is 94.3 cm³/mol. The van der Waals surface area contributed by atoms with E-state index in [1.54, 1.807) is 12.4 Å². The molecule has 3 heterocycles. The van der Waals surface area contributed by atoms with E-state index in [4.69, 9.17) is 11.6 Å². The van der Waals surface area contributed by atoms with Crippen molar-refractivity contribution >= 4 is 23.3 Å². The highest BCUT2D eigenvalue weighted by atomic mass is 35.5. The first-order valence-electron chi connectivity index (χ1n) is 8.32. The molecular formula is C17H22ClN5O. The number of carbonyl (C=O) groups is 1. The Labute approximate surface area is 147 Å².